The summed E-state index contributed by atoms with van der Waals surface area (Å²) in [7, 11) is 1.60. The zero-order chi connectivity index (χ0) is 15.0. The number of hydrogen-bond acceptors (Lipinski definition) is 5. The van der Waals surface area contributed by atoms with Crippen LogP contribution in [0.15, 0.2) is 12.1 Å². The lowest BCUT2D eigenvalue weighted by molar-refractivity contribution is -0.385. The number of esters is 1. The van der Waals surface area contributed by atoms with Gasteiger partial charge in [0.05, 0.1) is 17.0 Å². The van der Waals surface area contributed by atoms with Crippen molar-refractivity contribution in [3.05, 3.63) is 33.5 Å². The lowest BCUT2D eigenvalue weighted by atomic mass is 10.1. The second kappa shape index (κ2) is 4.84. The quantitative estimate of drug-likeness (QED) is 0.528. The van der Waals surface area contributed by atoms with E-state index in [1.807, 2.05) is 0 Å². The maximum absolute atomic E-state index is 11.8. The van der Waals surface area contributed by atoms with Gasteiger partial charge in [-0.15, -0.1) is 0 Å². The van der Waals surface area contributed by atoms with Gasteiger partial charge in [0, 0.05) is 24.1 Å². The molecule has 0 bridgehead atoms. The van der Waals surface area contributed by atoms with E-state index in [0.29, 0.717) is 11.1 Å². The van der Waals surface area contributed by atoms with Gasteiger partial charge in [0.15, 0.2) is 11.4 Å². The van der Waals surface area contributed by atoms with E-state index >= 15 is 0 Å². The van der Waals surface area contributed by atoms with Crippen LogP contribution in [0.25, 0.3) is 10.9 Å². The van der Waals surface area contributed by atoms with Gasteiger partial charge in [0.2, 0.25) is 0 Å². The molecule has 2 rings (SSSR count). The Hall–Kier alpha value is -2.57. The summed E-state index contributed by atoms with van der Waals surface area (Å²) in [5.74, 6) is -0.965. The van der Waals surface area contributed by atoms with Crippen molar-refractivity contribution in [2.75, 3.05) is 6.61 Å². The molecule has 0 aliphatic heterocycles. The number of fused-ring (bicyclic) bond motifs is 1. The molecule has 20 heavy (non-hydrogen) atoms. The van der Waals surface area contributed by atoms with Crippen LogP contribution < -0.4 is 0 Å². The Bertz CT molecular complexity index is 717. The third-order valence-corrected chi connectivity index (χ3v) is 3.16. The first kappa shape index (κ1) is 13.9. The van der Waals surface area contributed by atoms with E-state index in [2.05, 4.69) is 0 Å². The first-order valence-corrected chi connectivity index (χ1v) is 6.02. The molecule has 0 unspecified atom stereocenters. The summed E-state index contributed by atoms with van der Waals surface area (Å²) in [6.07, 6.45) is 0. The zero-order valence-corrected chi connectivity index (χ0v) is 11.3. The van der Waals surface area contributed by atoms with Gasteiger partial charge < -0.3 is 14.4 Å². The lowest BCUT2D eigenvalue weighted by Gasteiger charge is -2.04. The molecule has 7 heteroatoms. The zero-order valence-electron chi connectivity index (χ0n) is 11.3. The topological polar surface area (TPSA) is 94.6 Å². The molecule has 7 nitrogen and oxygen atoms in total. The van der Waals surface area contributed by atoms with E-state index in [-0.39, 0.29) is 29.1 Å². The number of nitrogens with zero attached hydrogens (tertiary/aromatic N) is 2. The van der Waals surface area contributed by atoms with Crippen LogP contribution in [-0.2, 0) is 11.8 Å². The van der Waals surface area contributed by atoms with E-state index < -0.39 is 10.9 Å². The number of rotatable bonds is 3. The van der Waals surface area contributed by atoms with Crippen molar-refractivity contribution in [1.29, 1.82) is 0 Å². The van der Waals surface area contributed by atoms with Crippen molar-refractivity contribution in [2.45, 2.75) is 13.8 Å². The molecule has 1 aromatic heterocycles. The van der Waals surface area contributed by atoms with E-state index in [9.17, 15) is 20.0 Å². The van der Waals surface area contributed by atoms with Crippen LogP contribution in [0.3, 0.4) is 0 Å². The molecule has 1 heterocycles. The third kappa shape index (κ3) is 1.97. The summed E-state index contributed by atoms with van der Waals surface area (Å²) in [6, 6.07) is 2.83. The largest absolute Gasteiger partial charge is 0.505 e. The van der Waals surface area contributed by atoms with Crippen LogP contribution >= 0.6 is 0 Å². The summed E-state index contributed by atoms with van der Waals surface area (Å²) in [5, 5.41) is 21.3. The fraction of sp³-hybridized carbons (Fsp3) is 0.308. The minimum Gasteiger partial charge on any atom is -0.505 e. The van der Waals surface area contributed by atoms with E-state index in [1.165, 1.54) is 10.6 Å². The van der Waals surface area contributed by atoms with Crippen molar-refractivity contribution >= 4 is 22.6 Å². The Kier molecular flexibility index (Phi) is 3.35. The number of aromatic nitrogens is 1. The Morgan fingerprint density at radius 3 is 2.70 bits per heavy atom. The molecular weight excluding hydrogens is 264 g/mol. The Morgan fingerprint density at radius 1 is 1.50 bits per heavy atom. The van der Waals surface area contributed by atoms with Crippen molar-refractivity contribution in [1.82, 2.24) is 4.57 Å². The van der Waals surface area contributed by atoms with Gasteiger partial charge in [-0.2, -0.15) is 0 Å². The molecule has 0 saturated carbocycles. The normalized spacial score (nSPS) is 10.8. The highest BCUT2D eigenvalue weighted by atomic mass is 16.6. The first-order chi connectivity index (χ1) is 9.38. The van der Waals surface area contributed by atoms with Gasteiger partial charge in [-0.3, -0.25) is 10.1 Å². The second-order valence-electron chi connectivity index (χ2n) is 4.39. The van der Waals surface area contributed by atoms with Crippen LogP contribution in [0.2, 0.25) is 0 Å². The van der Waals surface area contributed by atoms with Crippen LogP contribution in [0.1, 0.15) is 23.0 Å². The number of benzene rings is 1. The molecule has 0 amide bonds. The van der Waals surface area contributed by atoms with E-state index in [1.54, 1.807) is 27.0 Å². The molecule has 1 N–H and O–H groups in total. The van der Waals surface area contributed by atoms with E-state index in [0.717, 1.165) is 0 Å². The predicted molar refractivity (Wildman–Crippen MR) is 71.9 cm³/mol. The van der Waals surface area contributed by atoms with Crippen molar-refractivity contribution in [3.8, 4) is 5.75 Å². The molecule has 0 saturated heterocycles. The monoisotopic (exact) mass is 278 g/mol. The third-order valence-electron chi connectivity index (χ3n) is 3.16. The number of nitro groups is 1. The lowest BCUT2D eigenvalue weighted by Crippen LogP contribution is -2.09. The van der Waals surface area contributed by atoms with Crippen molar-refractivity contribution in [3.63, 3.8) is 0 Å². The number of hydrogen-bond donors (Lipinski definition) is 1. The average molecular weight is 278 g/mol. The highest BCUT2D eigenvalue weighted by Gasteiger charge is 2.24. The van der Waals surface area contributed by atoms with Gasteiger partial charge in [-0.25, -0.2) is 4.79 Å². The fourth-order valence-electron chi connectivity index (χ4n) is 2.19. The average Bonchev–Trinajstić information content (AvgIpc) is 2.60. The number of nitro benzene ring substituents is 1. The van der Waals surface area contributed by atoms with Crippen molar-refractivity contribution in [2.24, 2.45) is 7.05 Å². The minimum absolute atomic E-state index is 0.0123. The highest BCUT2D eigenvalue weighted by molar-refractivity contribution is 6.02. The molecule has 0 spiro atoms. The molecule has 0 atom stereocenters. The molecule has 0 aliphatic rings. The summed E-state index contributed by atoms with van der Waals surface area (Å²) >= 11 is 0. The first-order valence-electron chi connectivity index (χ1n) is 6.02. The Labute approximate surface area is 114 Å². The maximum Gasteiger partial charge on any atom is 0.358 e. The standard InChI is InChI=1S/C13H14N2O5/c1-4-20-13(17)11-12(16)8-6-9(15(18)19)7(2)5-10(8)14(11)3/h5-6,16H,4H2,1-3H3. The number of carbonyl (C=O) groups excluding carboxylic acids is 1. The molecule has 0 fully saturated rings. The smallest absolute Gasteiger partial charge is 0.358 e. The molecule has 2 aromatic rings. The molecule has 1 aromatic carbocycles. The predicted octanol–water partition coefficient (Wildman–Crippen LogP) is 2.28. The van der Waals surface area contributed by atoms with Crippen LogP contribution in [-0.4, -0.2) is 27.2 Å². The number of aromatic hydroxyl groups is 1. The fourth-order valence-corrected chi connectivity index (χ4v) is 2.19. The minimum atomic E-state index is -0.663. The van der Waals surface area contributed by atoms with Gasteiger partial charge >= 0.3 is 5.97 Å². The Morgan fingerprint density at radius 2 is 2.15 bits per heavy atom. The summed E-state index contributed by atoms with van der Waals surface area (Å²) < 4.78 is 6.35. The molecule has 0 aliphatic carbocycles. The number of carbonyl (C=O) groups is 1. The molecule has 0 radical (unpaired) electrons. The SMILES string of the molecule is CCOC(=O)c1c(O)c2cc([N+](=O)[O-])c(C)cc2n1C. The van der Waals surface area contributed by atoms with Crippen LogP contribution in [0.5, 0.6) is 5.75 Å². The molecule has 106 valence electrons. The van der Waals surface area contributed by atoms with Gasteiger partial charge in [-0.05, 0) is 19.9 Å². The maximum atomic E-state index is 11.8. The summed E-state index contributed by atoms with van der Waals surface area (Å²) in [6.45, 7) is 3.44. The van der Waals surface area contributed by atoms with Gasteiger partial charge in [0.25, 0.3) is 5.69 Å². The highest BCUT2D eigenvalue weighted by Crippen LogP contribution is 2.35. The second-order valence-corrected chi connectivity index (χ2v) is 4.39. The summed E-state index contributed by atoms with van der Waals surface area (Å²) in [4.78, 5) is 22.2. The Balaban J connectivity index is 2.75. The van der Waals surface area contributed by atoms with Crippen LogP contribution in [0, 0.1) is 17.0 Å². The van der Waals surface area contributed by atoms with E-state index in [4.69, 9.17) is 4.74 Å². The van der Waals surface area contributed by atoms with Gasteiger partial charge in [0.1, 0.15) is 0 Å². The number of ether oxygens (including phenoxy) is 1. The summed E-state index contributed by atoms with van der Waals surface area (Å²) in [5.41, 5.74) is 0.878. The van der Waals surface area contributed by atoms with Crippen molar-refractivity contribution < 1.29 is 19.6 Å². The van der Waals surface area contributed by atoms with Gasteiger partial charge in [-0.1, -0.05) is 0 Å². The van der Waals surface area contributed by atoms with Crippen LogP contribution in [0.4, 0.5) is 5.69 Å². The molecular formula is C13H14N2O5. The number of aryl methyl sites for hydroxylation is 2.